The largest absolute Gasteiger partial charge is 0.370 e. The summed E-state index contributed by atoms with van der Waals surface area (Å²) in [6.07, 6.45) is 4.35. The Morgan fingerprint density at radius 2 is 2.16 bits per heavy atom. The van der Waals surface area contributed by atoms with Gasteiger partial charge in [-0.1, -0.05) is 6.07 Å². The molecule has 1 aromatic rings. The number of anilines is 1. The molecule has 0 aromatic carbocycles. The molecule has 5 heteroatoms. The van der Waals surface area contributed by atoms with E-state index < -0.39 is 0 Å². The zero-order valence-corrected chi connectivity index (χ0v) is 11.4. The van der Waals surface area contributed by atoms with Crippen molar-refractivity contribution in [1.82, 2.24) is 4.98 Å². The predicted octanol–water partition coefficient (Wildman–Crippen LogP) is 1.19. The summed E-state index contributed by atoms with van der Waals surface area (Å²) in [5, 5.41) is 0. The Morgan fingerprint density at radius 1 is 1.47 bits per heavy atom. The predicted molar refractivity (Wildman–Crippen MR) is 75.6 cm³/mol. The average molecular weight is 262 g/mol. The molecule has 2 rings (SSSR count). The maximum atomic E-state index is 10.9. The molecule has 0 aliphatic carbocycles. The molecule has 2 heterocycles. The number of primary amides is 1. The molecule has 1 atom stereocenters. The van der Waals surface area contributed by atoms with Gasteiger partial charge in [-0.05, 0) is 37.3 Å². The van der Waals surface area contributed by atoms with Gasteiger partial charge < -0.3 is 16.4 Å². The van der Waals surface area contributed by atoms with Gasteiger partial charge in [0.1, 0.15) is 5.82 Å². The molecule has 0 radical (unpaired) electrons. The van der Waals surface area contributed by atoms with Crippen molar-refractivity contribution in [2.75, 3.05) is 18.0 Å². The van der Waals surface area contributed by atoms with Crippen molar-refractivity contribution in [3.63, 3.8) is 0 Å². The standard InChI is InChI=1S/C14H22N4O/c1-10(15)12-2-3-14(17-9-12)18-6-4-11(5-7-18)8-13(16)19/h2-3,9-11H,4-8,15H2,1H3,(H2,16,19)/t10-/m0/s1. The van der Waals surface area contributed by atoms with E-state index in [9.17, 15) is 4.79 Å². The van der Waals surface area contributed by atoms with Crippen molar-refractivity contribution in [1.29, 1.82) is 0 Å². The molecule has 1 fully saturated rings. The van der Waals surface area contributed by atoms with Gasteiger partial charge in [-0.25, -0.2) is 4.98 Å². The van der Waals surface area contributed by atoms with Crippen molar-refractivity contribution >= 4 is 11.7 Å². The summed E-state index contributed by atoms with van der Waals surface area (Å²) in [5.41, 5.74) is 12.1. The van der Waals surface area contributed by atoms with E-state index in [1.54, 1.807) is 0 Å². The fourth-order valence-corrected chi connectivity index (χ4v) is 2.50. The Hall–Kier alpha value is -1.62. The van der Waals surface area contributed by atoms with Crippen molar-refractivity contribution in [3.8, 4) is 0 Å². The van der Waals surface area contributed by atoms with Gasteiger partial charge in [0.15, 0.2) is 0 Å². The van der Waals surface area contributed by atoms with Gasteiger partial charge in [-0.2, -0.15) is 0 Å². The quantitative estimate of drug-likeness (QED) is 0.853. The third kappa shape index (κ3) is 3.67. The first-order valence-corrected chi connectivity index (χ1v) is 6.81. The van der Waals surface area contributed by atoms with Crippen molar-refractivity contribution < 1.29 is 4.79 Å². The second-order valence-corrected chi connectivity index (χ2v) is 5.34. The van der Waals surface area contributed by atoms with Gasteiger partial charge in [-0.15, -0.1) is 0 Å². The lowest BCUT2D eigenvalue weighted by Gasteiger charge is -2.32. The van der Waals surface area contributed by atoms with Crippen LogP contribution in [-0.4, -0.2) is 24.0 Å². The number of hydrogen-bond acceptors (Lipinski definition) is 4. The Labute approximate surface area is 114 Å². The van der Waals surface area contributed by atoms with E-state index in [0.29, 0.717) is 12.3 Å². The number of aromatic nitrogens is 1. The van der Waals surface area contributed by atoms with Gasteiger partial charge in [0.25, 0.3) is 0 Å². The third-order valence-corrected chi connectivity index (χ3v) is 3.72. The highest BCUT2D eigenvalue weighted by Crippen LogP contribution is 2.24. The molecular formula is C14H22N4O. The van der Waals surface area contributed by atoms with Crippen LogP contribution in [0.5, 0.6) is 0 Å². The lowest BCUT2D eigenvalue weighted by molar-refractivity contribution is -0.119. The molecule has 1 aliphatic rings. The molecule has 4 N–H and O–H groups in total. The molecule has 104 valence electrons. The van der Waals surface area contributed by atoms with Gasteiger partial charge in [0.2, 0.25) is 5.91 Å². The zero-order chi connectivity index (χ0) is 13.8. The summed E-state index contributed by atoms with van der Waals surface area (Å²) < 4.78 is 0. The highest BCUT2D eigenvalue weighted by atomic mass is 16.1. The highest BCUT2D eigenvalue weighted by molar-refractivity contribution is 5.74. The van der Waals surface area contributed by atoms with Crippen LogP contribution in [0.15, 0.2) is 18.3 Å². The molecule has 0 bridgehead atoms. The molecule has 0 saturated carbocycles. The number of hydrogen-bond donors (Lipinski definition) is 2. The lowest BCUT2D eigenvalue weighted by atomic mass is 9.93. The first-order chi connectivity index (χ1) is 9.06. The van der Waals surface area contributed by atoms with Gasteiger partial charge >= 0.3 is 0 Å². The number of piperidine rings is 1. The minimum absolute atomic E-state index is 0.0165. The molecular weight excluding hydrogens is 240 g/mol. The van der Waals surface area contributed by atoms with E-state index >= 15 is 0 Å². The number of rotatable bonds is 4. The SMILES string of the molecule is C[C@H](N)c1ccc(N2CCC(CC(N)=O)CC2)nc1. The van der Waals surface area contributed by atoms with Gasteiger partial charge in [-0.3, -0.25) is 4.79 Å². The molecule has 1 aliphatic heterocycles. The molecule has 1 saturated heterocycles. The Balaban J connectivity index is 1.92. The summed E-state index contributed by atoms with van der Waals surface area (Å²) in [7, 11) is 0. The first kappa shape index (κ1) is 13.8. The van der Waals surface area contributed by atoms with Crippen LogP contribution in [0.2, 0.25) is 0 Å². The van der Waals surface area contributed by atoms with E-state index in [2.05, 4.69) is 9.88 Å². The minimum Gasteiger partial charge on any atom is -0.370 e. The maximum absolute atomic E-state index is 10.9. The summed E-state index contributed by atoms with van der Waals surface area (Å²) in [4.78, 5) is 17.6. The van der Waals surface area contributed by atoms with Crippen LogP contribution >= 0.6 is 0 Å². The van der Waals surface area contributed by atoms with E-state index in [1.165, 1.54) is 0 Å². The fourth-order valence-electron chi connectivity index (χ4n) is 2.50. The lowest BCUT2D eigenvalue weighted by Crippen LogP contribution is -2.35. The normalized spacial score (nSPS) is 18.3. The average Bonchev–Trinajstić information content (AvgIpc) is 2.39. The summed E-state index contributed by atoms with van der Waals surface area (Å²) in [5.74, 6) is 1.22. The van der Waals surface area contributed by atoms with Crippen LogP contribution in [0.3, 0.4) is 0 Å². The molecule has 19 heavy (non-hydrogen) atoms. The van der Waals surface area contributed by atoms with E-state index in [4.69, 9.17) is 11.5 Å². The zero-order valence-electron chi connectivity index (χ0n) is 11.4. The Morgan fingerprint density at radius 3 is 2.63 bits per heavy atom. The molecule has 5 nitrogen and oxygen atoms in total. The van der Waals surface area contributed by atoms with E-state index in [0.717, 1.165) is 37.3 Å². The number of pyridine rings is 1. The van der Waals surface area contributed by atoms with Gasteiger partial charge in [0.05, 0.1) is 0 Å². The van der Waals surface area contributed by atoms with Crippen LogP contribution in [0.4, 0.5) is 5.82 Å². The van der Waals surface area contributed by atoms with Gasteiger partial charge in [0, 0.05) is 31.7 Å². The summed E-state index contributed by atoms with van der Waals surface area (Å²) >= 11 is 0. The van der Waals surface area contributed by atoms with Crippen molar-refractivity contribution in [2.45, 2.75) is 32.2 Å². The Bertz CT molecular complexity index is 422. The Kier molecular flexibility index (Phi) is 4.37. The fraction of sp³-hybridized carbons (Fsp3) is 0.571. The van der Waals surface area contributed by atoms with Crippen LogP contribution in [0, 0.1) is 5.92 Å². The molecule has 0 spiro atoms. The van der Waals surface area contributed by atoms with Crippen LogP contribution in [0.25, 0.3) is 0 Å². The second kappa shape index (κ2) is 6.02. The molecule has 1 aromatic heterocycles. The summed E-state index contributed by atoms with van der Waals surface area (Å²) in [6, 6.07) is 4.07. The van der Waals surface area contributed by atoms with Crippen molar-refractivity contribution in [2.24, 2.45) is 17.4 Å². The third-order valence-electron chi connectivity index (χ3n) is 3.72. The second-order valence-electron chi connectivity index (χ2n) is 5.34. The number of carbonyl (C=O) groups excluding carboxylic acids is 1. The first-order valence-electron chi connectivity index (χ1n) is 6.81. The van der Waals surface area contributed by atoms with E-state index in [-0.39, 0.29) is 11.9 Å². The van der Waals surface area contributed by atoms with Crippen molar-refractivity contribution in [3.05, 3.63) is 23.9 Å². The maximum Gasteiger partial charge on any atom is 0.217 e. The number of amides is 1. The highest BCUT2D eigenvalue weighted by Gasteiger charge is 2.21. The van der Waals surface area contributed by atoms with Crippen LogP contribution < -0.4 is 16.4 Å². The smallest absolute Gasteiger partial charge is 0.217 e. The number of nitrogens with zero attached hydrogens (tertiary/aromatic N) is 2. The summed E-state index contributed by atoms with van der Waals surface area (Å²) in [6.45, 7) is 3.82. The topological polar surface area (TPSA) is 85.2 Å². The molecule has 1 amide bonds. The van der Waals surface area contributed by atoms with E-state index in [1.807, 2.05) is 25.3 Å². The number of nitrogens with two attached hydrogens (primary N) is 2. The number of carbonyl (C=O) groups is 1. The minimum atomic E-state index is -0.196. The van der Waals surface area contributed by atoms with Crippen LogP contribution in [-0.2, 0) is 4.79 Å². The van der Waals surface area contributed by atoms with Crippen LogP contribution in [0.1, 0.15) is 37.8 Å². The monoisotopic (exact) mass is 262 g/mol. The molecule has 0 unspecified atom stereocenters.